The van der Waals surface area contributed by atoms with Crippen molar-refractivity contribution in [2.24, 2.45) is 5.92 Å². The Bertz CT molecular complexity index is 792. The maximum atomic E-state index is 12.6. The van der Waals surface area contributed by atoms with Gasteiger partial charge in [-0.25, -0.2) is 4.52 Å². The minimum atomic E-state index is -5.55. The quantitative estimate of drug-likeness (QED) is 0.785. The van der Waals surface area contributed by atoms with Crippen molar-refractivity contribution >= 4 is 17.2 Å². The fourth-order valence-electron chi connectivity index (χ4n) is 3.00. The van der Waals surface area contributed by atoms with Crippen LogP contribution in [0.2, 0.25) is 0 Å². The summed E-state index contributed by atoms with van der Waals surface area (Å²) in [4.78, 5) is 11.9. The summed E-state index contributed by atoms with van der Waals surface area (Å²) in [5.41, 5.74) is 1.33. The summed E-state index contributed by atoms with van der Waals surface area (Å²) in [5, 5.41) is 6.26. The first-order valence-electron chi connectivity index (χ1n) is 7.98. The lowest BCUT2D eigenvalue weighted by atomic mass is 9.80. The maximum absolute atomic E-state index is 12.6. The van der Waals surface area contributed by atoms with Gasteiger partial charge in [0.15, 0.2) is 11.7 Å². The van der Waals surface area contributed by atoms with Gasteiger partial charge in [-0.2, -0.15) is 26.3 Å². The number of aromatic nitrogens is 2. The molecule has 2 aromatic heterocycles. The first kappa shape index (κ1) is 18.5. The van der Waals surface area contributed by atoms with Gasteiger partial charge < -0.3 is 5.32 Å². The molecule has 0 aromatic carbocycles. The third-order valence-corrected chi connectivity index (χ3v) is 4.53. The Balaban J connectivity index is 1.85. The van der Waals surface area contributed by atoms with E-state index in [9.17, 15) is 31.1 Å². The smallest absolute Gasteiger partial charge is 0.309 e. The van der Waals surface area contributed by atoms with E-state index in [0.29, 0.717) is 11.1 Å². The Morgan fingerprint density at radius 2 is 1.85 bits per heavy atom. The Morgan fingerprint density at radius 3 is 2.38 bits per heavy atom. The maximum Gasteiger partial charge on any atom is 0.400 e. The van der Waals surface area contributed by atoms with Crippen LogP contribution in [0.25, 0.3) is 5.52 Å². The standard InChI is InChI=1S/C16H15F6N3O/c17-15(18,19)11(16(20,21)22)8-12(26)23-14-13(9-4-3-5-9)10-6-1-2-7-25(10)24-14/h1-2,6-7,9,11H,3-5,8H2,(H,23,24,26). The van der Waals surface area contributed by atoms with Crippen molar-refractivity contribution in [1.82, 2.24) is 9.61 Å². The average Bonchev–Trinajstić information content (AvgIpc) is 2.79. The fourth-order valence-corrected chi connectivity index (χ4v) is 3.00. The van der Waals surface area contributed by atoms with Crippen LogP contribution in [-0.4, -0.2) is 27.9 Å². The number of hydrogen-bond donors (Lipinski definition) is 1. The van der Waals surface area contributed by atoms with Gasteiger partial charge in [-0.05, 0) is 30.9 Å². The molecule has 1 aliphatic rings. The van der Waals surface area contributed by atoms with Crippen molar-refractivity contribution in [3.63, 3.8) is 0 Å². The topological polar surface area (TPSA) is 46.4 Å². The Hall–Kier alpha value is -2.26. The summed E-state index contributed by atoms with van der Waals surface area (Å²) < 4.78 is 77.3. The molecule has 2 heterocycles. The predicted molar refractivity (Wildman–Crippen MR) is 80.6 cm³/mol. The summed E-state index contributed by atoms with van der Waals surface area (Å²) in [6.07, 6.45) is -8.62. The van der Waals surface area contributed by atoms with Gasteiger partial charge in [-0.3, -0.25) is 4.79 Å². The third-order valence-electron chi connectivity index (χ3n) is 4.53. The molecule has 3 rings (SSSR count). The third kappa shape index (κ3) is 3.63. The van der Waals surface area contributed by atoms with E-state index in [-0.39, 0.29) is 11.7 Å². The Kier molecular flexibility index (Phi) is 4.61. The molecule has 1 saturated carbocycles. The second-order valence-corrected chi connectivity index (χ2v) is 6.31. The van der Waals surface area contributed by atoms with Crippen LogP contribution in [0.1, 0.15) is 37.2 Å². The minimum Gasteiger partial charge on any atom is -0.309 e. The molecule has 1 aliphatic carbocycles. The number of rotatable bonds is 4. The summed E-state index contributed by atoms with van der Waals surface area (Å²) >= 11 is 0. The zero-order chi connectivity index (χ0) is 19.1. The second-order valence-electron chi connectivity index (χ2n) is 6.31. The molecule has 0 aliphatic heterocycles. The van der Waals surface area contributed by atoms with Gasteiger partial charge in [0.1, 0.15) is 0 Å². The number of anilines is 1. The van der Waals surface area contributed by atoms with Crippen LogP contribution in [-0.2, 0) is 4.79 Å². The number of carbonyl (C=O) groups excluding carboxylic acids is 1. The summed E-state index contributed by atoms with van der Waals surface area (Å²) in [5.74, 6) is -4.98. The van der Waals surface area contributed by atoms with Gasteiger partial charge in [0.05, 0.1) is 5.52 Å². The Labute approximate surface area is 144 Å². The highest BCUT2D eigenvalue weighted by atomic mass is 19.4. The zero-order valence-corrected chi connectivity index (χ0v) is 13.4. The van der Waals surface area contributed by atoms with Gasteiger partial charge in [0.25, 0.3) is 0 Å². The SMILES string of the molecule is O=C(CC(C(F)(F)F)C(F)(F)F)Nc1nn2ccccc2c1C1CCC1. The molecule has 26 heavy (non-hydrogen) atoms. The van der Waals surface area contributed by atoms with E-state index in [4.69, 9.17) is 0 Å². The number of hydrogen-bond acceptors (Lipinski definition) is 2. The van der Waals surface area contributed by atoms with E-state index in [1.807, 2.05) is 0 Å². The van der Waals surface area contributed by atoms with Gasteiger partial charge in [-0.1, -0.05) is 12.5 Å². The number of carbonyl (C=O) groups is 1. The van der Waals surface area contributed by atoms with E-state index in [1.165, 1.54) is 4.52 Å². The summed E-state index contributed by atoms with van der Waals surface area (Å²) in [6.45, 7) is 0. The van der Waals surface area contributed by atoms with Crippen molar-refractivity contribution in [1.29, 1.82) is 0 Å². The van der Waals surface area contributed by atoms with Gasteiger partial charge in [0.2, 0.25) is 5.91 Å². The molecule has 0 atom stereocenters. The van der Waals surface area contributed by atoms with E-state index in [1.54, 1.807) is 24.4 Å². The van der Waals surface area contributed by atoms with Crippen molar-refractivity contribution in [2.75, 3.05) is 5.32 Å². The summed E-state index contributed by atoms with van der Waals surface area (Å²) in [6, 6.07) is 5.16. The second kappa shape index (κ2) is 6.48. The molecule has 0 bridgehead atoms. The van der Waals surface area contributed by atoms with Crippen LogP contribution in [0.3, 0.4) is 0 Å². The van der Waals surface area contributed by atoms with Crippen LogP contribution < -0.4 is 5.32 Å². The first-order valence-corrected chi connectivity index (χ1v) is 7.98. The number of nitrogens with zero attached hydrogens (tertiary/aromatic N) is 2. The fraction of sp³-hybridized carbons (Fsp3) is 0.500. The van der Waals surface area contributed by atoms with Crippen molar-refractivity contribution in [2.45, 2.75) is 44.0 Å². The monoisotopic (exact) mass is 379 g/mol. The lowest BCUT2D eigenvalue weighted by Crippen LogP contribution is -2.39. The number of halogens is 6. The normalized spacial score (nSPS) is 16.1. The lowest BCUT2D eigenvalue weighted by Gasteiger charge is -2.26. The van der Waals surface area contributed by atoms with Crippen molar-refractivity contribution in [3.8, 4) is 0 Å². The van der Waals surface area contributed by atoms with Gasteiger partial charge >= 0.3 is 12.4 Å². The highest BCUT2D eigenvalue weighted by Gasteiger charge is 2.57. The molecule has 0 unspecified atom stereocenters. The number of nitrogens with one attached hydrogen (secondary N) is 1. The van der Waals surface area contributed by atoms with Crippen molar-refractivity contribution < 1.29 is 31.1 Å². The predicted octanol–water partition coefficient (Wildman–Crippen LogP) is 4.67. The van der Waals surface area contributed by atoms with Crippen LogP contribution in [0.4, 0.5) is 32.2 Å². The Morgan fingerprint density at radius 1 is 1.19 bits per heavy atom. The number of amides is 1. The van der Waals surface area contributed by atoms with E-state index in [2.05, 4.69) is 10.4 Å². The van der Waals surface area contributed by atoms with Crippen molar-refractivity contribution in [3.05, 3.63) is 30.0 Å². The van der Waals surface area contributed by atoms with Crippen LogP contribution in [0.15, 0.2) is 24.4 Å². The highest BCUT2D eigenvalue weighted by Crippen LogP contribution is 2.43. The van der Waals surface area contributed by atoms with Crippen LogP contribution >= 0.6 is 0 Å². The molecular formula is C16H15F6N3O. The lowest BCUT2D eigenvalue weighted by molar-refractivity contribution is -0.283. The number of alkyl halides is 6. The van der Waals surface area contributed by atoms with E-state index >= 15 is 0 Å². The molecule has 1 fully saturated rings. The van der Waals surface area contributed by atoms with E-state index < -0.39 is 30.6 Å². The van der Waals surface area contributed by atoms with Gasteiger partial charge in [-0.15, -0.1) is 5.10 Å². The first-order chi connectivity index (χ1) is 12.1. The molecule has 0 saturated heterocycles. The number of pyridine rings is 1. The molecule has 0 radical (unpaired) electrons. The number of fused-ring (bicyclic) bond motifs is 1. The summed E-state index contributed by atoms with van der Waals surface area (Å²) in [7, 11) is 0. The van der Waals surface area contributed by atoms with Crippen LogP contribution in [0.5, 0.6) is 0 Å². The molecule has 4 nitrogen and oxygen atoms in total. The molecular weight excluding hydrogens is 364 g/mol. The molecule has 2 aromatic rings. The molecule has 0 spiro atoms. The van der Waals surface area contributed by atoms with Crippen LogP contribution in [0, 0.1) is 5.92 Å². The average molecular weight is 379 g/mol. The molecule has 10 heteroatoms. The largest absolute Gasteiger partial charge is 0.400 e. The molecule has 1 amide bonds. The van der Waals surface area contributed by atoms with Gasteiger partial charge in [0, 0.05) is 18.2 Å². The highest BCUT2D eigenvalue weighted by molar-refractivity contribution is 5.92. The molecule has 142 valence electrons. The zero-order valence-electron chi connectivity index (χ0n) is 13.4. The minimum absolute atomic E-state index is 0.0222. The molecule has 1 N–H and O–H groups in total. The van der Waals surface area contributed by atoms with E-state index in [0.717, 1.165) is 19.3 Å².